The quantitative estimate of drug-likeness (QED) is 0.678. The predicted molar refractivity (Wildman–Crippen MR) is 86.9 cm³/mol. The van der Waals surface area contributed by atoms with E-state index < -0.39 is 5.54 Å². The van der Waals surface area contributed by atoms with Crippen LogP contribution in [-0.4, -0.2) is 66.4 Å². The number of nitrogens with one attached hydrogen (secondary N) is 1. The number of nitrogens with two attached hydrogens (primary N) is 1. The molecule has 1 heterocycles. The lowest BCUT2D eigenvalue weighted by atomic mass is 10.2. The number of hydrogen-bond acceptors (Lipinski definition) is 4. The Morgan fingerprint density at radius 2 is 1.76 bits per heavy atom. The van der Waals surface area contributed by atoms with Gasteiger partial charge in [-0.1, -0.05) is 6.08 Å². The van der Waals surface area contributed by atoms with Crippen molar-refractivity contribution in [3.8, 4) is 0 Å². The van der Waals surface area contributed by atoms with Gasteiger partial charge in [0.05, 0.1) is 12.1 Å². The molecular formula is C13H24Cl2N4O2. The Morgan fingerprint density at radius 3 is 2.24 bits per heavy atom. The van der Waals surface area contributed by atoms with Crippen LogP contribution in [-0.2, 0) is 9.59 Å². The zero-order chi connectivity index (χ0) is 13.9. The molecule has 0 atom stereocenters. The molecule has 1 aliphatic heterocycles. The number of carbonyl (C=O) groups excluding carboxylic acids is 2. The topological polar surface area (TPSA) is 78.7 Å². The second kappa shape index (κ2) is 8.58. The smallest absolute Gasteiger partial charge is 0.242 e. The molecule has 0 aromatic heterocycles. The van der Waals surface area contributed by atoms with Crippen LogP contribution in [0.3, 0.4) is 0 Å². The van der Waals surface area contributed by atoms with Gasteiger partial charge in [0.2, 0.25) is 11.8 Å². The lowest BCUT2D eigenvalue weighted by Gasteiger charge is -2.35. The SMILES string of the molecule is C=CCNC(=O)CN1CCN(C(=O)C2(N)CC2)CC1.Cl.Cl. The molecule has 1 aliphatic carbocycles. The van der Waals surface area contributed by atoms with E-state index in [2.05, 4.69) is 16.8 Å². The fraction of sp³-hybridized carbons (Fsp3) is 0.692. The Morgan fingerprint density at radius 1 is 1.19 bits per heavy atom. The molecule has 0 aromatic carbocycles. The summed E-state index contributed by atoms with van der Waals surface area (Å²) in [5, 5.41) is 2.75. The Hall–Kier alpha value is -0.820. The molecule has 3 N–H and O–H groups in total. The van der Waals surface area contributed by atoms with Gasteiger partial charge < -0.3 is 16.0 Å². The summed E-state index contributed by atoms with van der Waals surface area (Å²) in [5.41, 5.74) is 5.33. The van der Waals surface area contributed by atoms with Crippen molar-refractivity contribution in [1.82, 2.24) is 15.1 Å². The summed E-state index contributed by atoms with van der Waals surface area (Å²) in [4.78, 5) is 27.5. The average Bonchev–Trinajstić information content (AvgIpc) is 3.16. The van der Waals surface area contributed by atoms with Crippen molar-refractivity contribution in [2.24, 2.45) is 5.73 Å². The van der Waals surface area contributed by atoms with E-state index in [1.54, 1.807) is 6.08 Å². The van der Waals surface area contributed by atoms with E-state index in [0.717, 1.165) is 25.9 Å². The van der Waals surface area contributed by atoms with E-state index in [0.29, 0.717) is 26.2 Å². The van der Waals surface area contributed by atoms with Crippen molar-refractivity contribution in [2.75, 3.05) is 39.3 Å². The summed E-state index contributed by atoms with van der Waals surface area (Å²) in [5.74, 6) is 0.0698. The van der Waals surface area contributed by atoms with Gasteiger partial charge in [0.25, 0.3) is 0 Å². The fourth-order valence-corrected chi connectivity index (χ4v) is 2.22. The molecule has 1 saturated heterocycles. The molecule has 2 fully saturated rings. The van der Waals surface area contributed by atoms with Gasteiger partial charge >= 0.3 is 0 Å². The molecule has 0 radical (unpaired) electrons. The van der Waals surface area contributed by atoms with E-state index in [9.17, 15) is 9.59 Å². The van der Waals surface area contributed by atoms with Crippen molar-refractivity contribution in [3.63, 3.8) is 0 Å². The van der Waals surface area contributed by atoms with E-state index in [-0.39, 0.29) is 36.6 Å². The van der Waals surface area contributed by atoms with Crippen molar-refractivity contribution < 1.29 is 9.59 Å². The number of hydrogen-bond donors (Lipinski definition) is 2. The van der Waals surface area contributed by atoms with Crippen LogP contribution in [0.2, 0.25) is 0 Å². The van der Waals surface area contributed by atoms with Crippen LogP contribution in [0.25, 0.3) is 0 Å². The fourth-order valence-electron chi connectivity index (χ4n) is 2.22. The first-order valence-electron chi connectivity index (χ1n) is 6.73. The third kappa shape index (κ3) is 5.47. The molecule has 0 spiro atoms. The van der Waals surface area contributed by atoms with Crippen LogP contribution in [0.4, 0.5) is 0 Å². The van der Waals surface area contributed by atoms with E-state index in [1.165, 1.54) is 0 Å². The minimum absolute atomic E-state index is 0. The standard InChI is InChI=1S/C13H22N4O2.2ClH/c1-2-5-15-11(18)10-16-6-8-17(9-7-16)12(19)13(14)3-4-13;;/h2H,1,3-10,14H2,(H,15,18);2*1H. The lowest BCUT2D eigenvalue weighted by Crippen LogP contribution is -2.55. The number of carbonyl (C=O) groups is 2. The number of piperazine rings is 1. The van der Waals surface area contributed by atoms with Crippen molar-refractivity contribution in [3.05, 3.63) is 12.7 Å². The van der Waals surface area contributed by atoms with Crippen LogP contribution in [0.5, 0.6) is 0 Å². The van der Waals surface area contributed by atoms with Gasteiger partial charge in [0, 0.05) is 32.7 Å². The molecule has 8 heteroatoms. The number of halogens is 2. The normalized spacial score (nSPS) is 19.8. The number of amides is 2. The number of rotatable bonds is 5. The summed E-state index contributed by atoms with van der Waals surface area (Å²) in [7, 11) is 0. The maximum atomic E-state index is 12.0. The molecule has 2 rings (SSSR count). The Kier molecular flexibility index (Phi) is 8.25. The molecule has 6 nitrogen and oxygen atoms in total. The highest BCUT2D eigenvalue weighted by atomic mass is 35.5. The Labute approximate surface area is 137 Å². The van der Waals surface area contributed by atoms with Crippen molar-refractivity contribution >= 4 is 36.6 Å². The first-order valence-corrected chi connectivity index (χ1v) is 6.73. The zero-order valence-electron chi connectivity index (χ0n) is 12.0. The van der Waals surface area contributed by atoms with E-state index in [4.69, 9.17) is 5.73 Å². The molecule has 2 aliphatic rings. The van der Waals surface area contributed by atoms with Gasteiger partial charge in [-0.05, 0) is 12.8 Å². The molecular weight excluding hydrogens is 315 g/mol. The third-order valence-electron chi connectivity index (χ3n) is 3.68. The van der Waals surface area contributed by atoms with Crippen LogP contribution in [0.15, 0.2) is 12.7 Å². The summed E-state index contributed by atoms with van der Waals surface area (Å²) >= 11 is 0. The van der Waals surface area contributed by atoms with Gasteiger partial charge in [-0.15, -0.1) is 31.4 Å². The van der Waals surface area contributed by atoms with Crippen molar-refractivity contribution in [2.45, 2.75) is 18.4 Å². The molecule has 2 amide bonds. The maximum absolute atomic E-state index is 12.0. The summed E-state index contributed by atoms with van der Waals surface area (Å²) in [6.45, 7) is 7.19. The second-order valence-corrected chi connectivity index (χ2v) is 5.32. The van der Waals surface area contributed by atoms with Gasteiger partial charge in [0.15, 0.2) is 0 Å². The molecule has 0 unspecified atom stereocenters. The minimum atomic E-state index is -0.580. The molecule has 1 saturated carbocycles. The highest BCUT2D eigenvalue weighted by Crippen LogP contribution is 2.34. The van der Waals surface area contributed by atoms with Gasteiger partial charge in [-0.2, -0.15) is 0 Å². The lowest BCUT2D eigenvalue weighted by molar-refractivity contribution is -0.135. The largest absolute Gasteiger partial charge is 0.352 e. The molecule has 21 heavy (non-hydrogen) atoms. The number of nitrogens with zero attached hydrogens (tertiary/aromatic N) is 2. The monoisotopic (exact) mass is 338 g/mol. The Balaban J connectivity index is 0.00000200. The highest BCUT2D eigenvalue weighted by molar-refractivity contribution is 5.89. The van der Waals surface area contributed by atoms with E-state index >= 15 is 0 Å². The van der Waals surface area contributed by atoms with E-state index in [1.807, 2.05) is 4.90 Å². The average molecular weight is 339 g/mol. The highest BCUT2D eigenvalue weighted by Gasteiger charge is 2.48. The molecule has 122 valence electrons. The summed E-state index contributed by atoms with van der Waals surface area (Å²) in [6.07, 6.45) is 3.26. The maximum Gasteiger partial charge on any atom is 0.242 e. The molecule has 0 aromatic rings. The van der Waals surface area contributed by atoms with Gasteiger partial charge in [-0.25, -0.2) is 0 Å². The zero-order valence-corrected chi connectivity index (χ0v) is 13.7. The minimum Gasteiger partial charge on any atom is -0.352 e. The summed E-state index contributed by atoms with van der Waals surface area (Å²) in [6, 6.07) is 0. The Bertz CT molecular complexity index is 380. The summed E-state index contributed by atoms with van der Waals surface area (Å²) < 4.78 is 0. The second-order valence-electron chi connectivity index (χ2n) is 5.32. The molecule has 0 bridgehead atoms. The first kappa shape index (κ1) is 20.2. The van der Waals surface area contributed by atoms with Crippen LogP contribution >= 0.6 is 24.8 Å². The van der Waals surface area contributed by atoms with Gasteiger partial charge in [0.1, 0.15) is 0 Å². The van der Waals surface area contributed by atoms with Crippen LogP contribution in [0, 0.1) is 0 Å². The van der Waals surface area contributed by atoms with Crippen LogP contribution in [0.1, 0.15) is 12.8 Å². The first-order chi connectivity index (χ1) is 9.05. The van der Waals surface area contributed by atoms with Crippen molar-refractivity contribution in [1.29, 1.82) is 0 Å². The third-order valence-corrected chi connectivity index (χ3v) is 3.68. The predicted octanol–water partition coefficient (Wildman–Crippen LogP) is -0.232. The van der Waals surface area contributed by atoms with Gasteiger partial charge in [-0.3, -0.25) is 14.5 Å². The van der Waals surface area contributed by atoms with Crippen LogP contribution < -0.4 is 11.1 Å².